The van der Waals surface area contributed by atoms with Crippen LogP contribution in [0, 0.1) is 0 Å². The number of hydrogen-bond donors (Lipinski definition) is 1. The number of halogens is 3. The van der Waals surface area contributed by atoms with Gasteiger partial charge in [-0.05, 0) is 25.1 Å². The molecule has 1 aliphatic rings. The number of nitrogens with zero attached hydrogens (tertiary/aromatic N) is 2. The van der Waals surface area contributed by atoms with Crippen LogP contribution in [0.4, 0.5) is 24.5 Å². The summed E-state index contributed by atoms with van der Waals surface area (Å²) in [5.41, 5.74) is -0.652. The molecule has 1 N–H and O–H groups in total. The zero-order chi connectivity index (χ0) is 18.2. The van der Waals surface area contributed by atoms with Crippen LogP contribution in [0.15, 0.2) is 34.1 Å². The molecule has 1 atom stereocenters. The van der Waals surface area contributed by atoms with Crippen LogP contribution in [0.2, 0.25) is 0 Å². The maximum absolute atomic E-state index is 12.8. The Labute approximate surface area is 149 Å². The van der Waals surface area contributed by atoms with E-state index in [9.17, 15) is 22.8 Å². The van der Waals surface area contributed by atoms with Crippen LogP contribution in [0.25, 0.3) is 0 Å². The van der Waals surface area contributed by atoms with Crippen LogP contribution in [0.1, 0.15) is 12.5 Å². The molecule has 0 spiro atoms. The van der Waals surface area contributed by atoms with Crippen LogP contribution >= 0.6 is 23.1 Å². The van der Waals surface area contributed by atoms with Gasteiger partial charge in [0.2, 0.25) is 11.8 Å². The molecule has 0 saturated carbocycles. The van der Waals surface area contributed by atoms with Gasteiger partial charge >= 0.3 is 6.18 Å². The summed E-state index contributed by atoms with van der Waals surface area (Å²) < 4.78 is 39.2. The molecule has 1 aromatic heterocycles. The summed E-state index contributed by atoms with van der Waals surface area (Å²) in [6.45, 7) is 1.44. The number of amides is 2. The molecule has 3 rings (SSSR count). The molecule has 0 saturated heterocycles. The topological polar surface area (TPSA) is 62.3 Å². The van der Waals surface area contributed by atoms with Crippen molar-refractivity contribution < 1.29 is 22.8 Å². The maximum atomic E-state index is 12.8. The highest BCUT2D eigenvalue weighted by Gasteiger charge is 2.35. The monoisotopic (exact) mass is 387 g/mol. The molecular weight excluding hydrogens is 375 g/mol. The Kier molecular flexibility index (Phi) is 4.74. The molecule has 10 heteroatoms. The second kappa shape index (κ2) is 6.68. The van der Waals surface area contributed by atoms with Crippen LogP contribution in [-0.2, 0) is 15.8 Å². The maximum Gasteiger partial charge on any atom is 0.416 e. The van der Waals surface area contributed by atoms with Crippen molar-refractivity contribution in [1.29, 1.82) is 0 Å². The molecule has 0 radical (unpaired) electrons. The second-order valence-electron chi connectivity index (χ2n) is 5.26. The number of aromatic nitrogens is 1. The predicted octanol–water partition coefficient (Wildman–Crippen LogP) is 3.63. The van der Waals surface area contributed by atoms with Crippen molar-refractivity contribution in [2.75, 3.05) is 16.8 Å². The Bertz CT molecular complexity index is 809. The van der Waals surface area contributed by atoms with Gasteiger partial charge in [-0.3, -0.25) is 14.5 Å². The average molecular weight is 387 g/mol. The lowest BCUT2D eigenvalue weighted by Gasteiger charge is -2.31. The Hall–Kier alpha value is -2.07. The largest absolute Gasteiger partial charge is 0.416 e. The van der Waals surface area contributed by atoms with Gasteiger partial charge in [-0.15, -0.1) is 11.3 Å². The second-order valence-corrected chi connectivity index (χ2v) is 7.74. The number of rotatable bonds is 3. The molecule has 2 heterocycles. The van der Waals surface area contributed by atoms with Gasteiger partial charge in [-0.25, -0.2) is 4.98 Å². The first kappa shape index (κ1) is 17.7. The quantitative estimate of drug-likeness (QED) is 0.817. The van der Waals surface area contributed by atoms with Crippen LogP contribution in [0.3, 0.4) is 0 Å². The summed E-state index contributed by atoms with van der Waals surface area (Å²) in [7, 11) is 0. The van der Waals surface area contributed by atoms with E-state index < -0.39 is 22.9 Å². The fraction of sp³-hybridized carbons (Fsp3) is 0.267. The third-order valence-corrected chi connectivity index (χ3v) is 5.50. The van der Waals surface area contributed by atoms with Gasteiger partial charge < -0.3 is 5.32 Å². The van der Waals surface area contributed by atoms with Crippen LogP contribution < -0.4 is 10.2 Å². The minimum Gasteiger partial charge on any atom is -0.323 e. The van der Waals surface area contributed by atoms with Crippen molar-refractivity contribution in [3.8, 4) is 0 Å². The van der Waals surface area contributed by atoms with Gasteiger partial charge in [0.25, 0.3) is 0 Å². The number of thiazole rings is 1. The zero-order valence-electron chi connectivity index (χ0n) is 12.8. The van der Waals surface area contributed by atoms with E-state index >= 15 is 0 Å². The molecule has 2 aromatic rings. The third kappa shape index (κ3) is 3.79. The molecule has 0 aliphatic carbocycles. The molecule has 1 aliphatic heterocycles. The molecule has 0 bridgehead atoms. The number of fused-ring (bicyclic) bond motifs is 1. The molecule has 1 aromatic carbocycles. The first-order chi connectivity index (χ1) is 11.8. The smallest absolute Gasteiger partial charge is 0.323 e. The minimum absolute atomic E-state index is 0.0223. The lowest BCUT2D eigenvalue weighted by atomic mass is 10.1. The zero-order valence-corrected chi connectivity index (χ0v) is 14.5. The van der Waals surface area contributed by atoms with Gasteiger partial charge in [0, 0.05) is 11.6 Å². The van der Waals surface area contributed by atoms with Crippen molar-refractivity contribution in [2.45, 2.75) is 22.7 Å². The predicted molar refractivity (Wildman–Crippen MR) is 89.9 cm³/mol. The van der Waals surface area contributed by atoms with E-state index in [4.69, 9.17) is 0 Å². The van der Waals surface area contributed by atoms with E-state index in [1.54, 1.807) is 18.5 Å². The molecular formula is C15H12F3N3O2S2. The number of carbonyl (C=O) groups is 2. The van der Waals surface area contributed by atoms with Gasteiger partial charge in [-0.2, -0.15) is 13.2 Å². The summed E-state index contributed by atoms with van der Waals surface area (Å²) in [5, 5.41) is 3.64. The minimum atomic E-state index is -4.53. The van der Waals surface area contributed by atoms with Crippen molar-refractivity contribution in [3.63, 3.8) is 0 Å². The van der Waals surface area contributed by atoms with Gasteiger partial charge in [0.15, 0.2) is 4.34 Å². The number of anilines is 2. The number of carbonyl (C=O) groups excluding carboxylic acids is 2. The number of benzene rings is 1. The van der Waals surface area contributed by atoms with E-state index in [0.717, 1.165) is 12.1 Å². The average Bonchev–Trinajstić information content (AvgIpc) is 3.04. The number of alkyl halides is 3. The fourth-order valence-corrected chi connectivity index (χ4v) is 4.19. The van der Waals surface area contributed by atoms with E-state index in [1.165, 1.54) is 34.1 Å². The van der Waals surface area contributed by atoms with Crippen LogP contribution in [0.5, 0.6) is 0 Å². The highest BCUT2D eigenvalue weighted by atomic mass is 32.2. The van der Waals surface area contributed by atoms with E-state index in [0.29, 0.717) is 4.34 Å². The standard InChI is InChI=1S/C15H12F3N3O2S2/c1-8(25-14-19-4-5-24-14)13(23)21-7-12(22)20-10-6-9(15(16,17)18)2-3-11(10)21/h2-6,8H,7H2,1H3,(H,20,22)/t8-/m1/s1. The first-order valence-corrected chi connectivity index (χ1v) is 8.90. The van der Waals surface area contributed by atoms with E-state index in [1.807, 2.05) is 0 Å². The Morgan fingerprint density at radius 2 is 2.20 bits per heavy atom. The van der Waals surface area contributed by atoms with Crippen molar-refractivity contribution in [3.05, 3.63) is 35.3 Å². The third-order valence-electron chi connectivity index (χ3n) is 3.49. The summed E-state index contributed by atoms with van der Waals surface area (Å²) in [4.78, 5) is 29.8. The molecule has 2 amide bonds. The lowest BCUT2D eigenvalue weighted by molar-refractivity contribution is -0.137. The number of thioether (sulfide) groups is 1. The van der Waals surface area contributed by atoms with Gasteiger partial charge in [0.1, 0.15) is 6.54 Å². The van der Waals surface area contributed by atoms with E-state index in [-0.39, 0.29) is 23.8 Å². The van der Waals surface area contributed by atoms with Crippen molar-refractivity contribution >= 4 is 46.3 Å². The van der Waals surface area contributed by atoms with E-state index in [2.05, 4.69) is 10.3 Å². The lowest BCUT2D eigenvalue weighted by Crippen LogP contribution is -2.45. The first-order valence-electron chi connectivity index (χ1n) is 7.14. The summed E-state index contributed by atoms with van der Waals surface area (Å²) in [6, 6.07) is 2.94. The van der Waals surface area contributed by atoms with Gasteiger partial charge in [-0.1, -0.05) is 11.8 Å². The normalized spacial score (nSPS) is 15.5. The Morgan fingerprint density at radius 3 is 2.84 bits per heavy atom. The molecule has 0 fully saturated rings. The number of nitrogens with one attached hydrogen (secondary N) is 1. The molecule has 25 heavy (non-hydrogen) atoms. The van der Waals surface area contributed by atoms with Gasteiger partial charge in [0.05, 0.1) is 22.2 Å². The fourth-order valence-electron chi connectivity index (χ4n) is 2.35. The summed E-state index contributed by atoms with van der Waals surface area (Å²) >= 11 is 2.62. The molecule has 132 valence electrons. The molecule has 5 nitrogen and oxygen atoms in total. The molecule has 0 unspecified atom stereocenters. The SMILES string of the molecule is C[C@@H](Sc1nccs1)C(=O)N1CC(=O)Nc2cc(C(F)(F)F)ccc21. The Morgan fingerprint density at radius 1 is 1.44 bits per heavy atom. The summed E-state index contributed by atoms with van der Waals surface area (Å²) in [6.07, 6.45) is -2.91. The number of hydrogen-bond acceptors (Lipinski definition) is 5. The van der Waals surface area contributed by atoms with Crippen molar-refractivity contribution in [2.24, 2.45) is 0 Å². The highest BCUT2D eigenvalue weighted by molar-refractivity contribution is 8.02. The summed E-state index contributed by atoms with van der Waals surface area (Å²) in [5.74, 6) is -0.900. The Balaban J connectivity index is 1.88. The highest BCUT2D eigenvalue weighted by Crippen LogP contribution is 2.38. The van der Waals surface area contributed by atoms with Crippen molar-refractivity contribution in [1.82, 2.24) is 4.98 Å². The van der Waals surface area contributed by atoms with Crippen LogP contribution in [-0.4, -0.2) is 28.6 Å².